The van der Waals surface area contributed by atoms with E-state index in [-0.39, 0.29) is 16.8 Å². The van der Waals surface area contributed by atoms with Gasteiger partial charge in [0, 0.05) is 30.8 Å². The Hall–Kier alpha value is -2.38. The summed E-state index contributed by atoms with van der Waals surface area (Å²) in [7, 11) is -0.289. The number of hydrogen-bond acceptors (Lipinski definition) is 4. The lowest BCUT2D eigenvalue weighted by Gasteiger charge is -2.19. The molecule has 6 nitrogen and oxygen atoms in total. The zero-order valence-electron chi connectivity index (χ0n) is 15.4. The van der Waals surface area contributed by atoms with Crippen molar-refractivity contribution in [2.75, 3.05) is 14.2 Å². The molecule has 0 heterocycles. The summed E-state index contributed by atoms with van der Waals surface area (Å²) in [6.07, 6.45) is 0. The van der Waals surface area contributed by atoms with Crippen molar-refractivity contribution >= 4 is 15.9 Å². The number of rotatable bonds is 7. The van der Waals surface area contributed by atoms with Gasteiger partial charge in [-0.3, -0.25) is 4.79 Å². The molecule has 1 N–H and O–H groups in total. The Morgan fingerprint density at radius 2 is 1.73 bits per heavy atom. The molecule has 7 heteroatoms. The number of hydrogen-bond donors (Lipinski definition) is 1. The SMILES string of the molecule is COc1ccccc1CN(C)C(=O)c1ccc(S(=O)(=O)NC(C)C)cc1. The number of carbonyl (C=O) groups is 1. The lowest BCUT2D eigenvalue weighted by Crippen LogP contribution is -2.30. The van der Waals surface area contributed by atoms with E-state index >= 15 is 0 Å². The number of nitrogens with zero attached hydrogens (tertiary/aromatic N) is 1. The van der Waals surface area contributed by atoms with Gasteiger partial charge in [0.15, 0.2) is 0 Å². The van der Waals surface area contributed by atoms with Crippen LogP contribution in [0.3, 0.4) is 0 Å². The van der Waals surface area contributed by atoms with Gasteiger partial charge in [-0.15, -0.1) is 0 Å². The van der Waals surface area contributed by atoms with Crippen LogP contribution < -0.4 is 9.46 Å². The third-order valence-corrected chi connectivity index (χ3v) is 5.42. The molecule has 0 unspecified atom stereocenters. The second-order valence-corrected chi connectivity index (χ2v) is 7.99. The Morgan fingerprint density at radius 1 is 1.12 bits per heavy atom. The molecule has 0 bridgehead atoms. The number of benzene rings is 2. The molecule has 0 radical (unpaired) electrons. The monoisotopic (exact) mass is 376 g/mol. The Morgan fingerprint density at radius 3 is 2.31 bits per heavy atom. The summed E-state index contributed by atoms with van der Waals surface area (Å²) in [5.74, 6) is 0.519. The standard InChI is InChI=1S/C19H24N2O4S/c1-14(2)20-26(23,24)17-11-9-15(10-12-17)19(22)21(3)13-16-7-5-6-8-18(16)25-4/h5-12,14,20H,13H2,1-4H3. The molecule has 1 amide bonds. The molecule has 0 aliphatic rings. The van der Waals surface area contributed by atoms with Crippen molar-refractivity contribution in [1.29, 1.82) is 0 Å². The van der Waals surface area contributed by atoms with Crippen LogP contribution in [0, 0.1) is 0 Å². The number of nitrogens with one attached hydrogen (secondary N) is 1. The number of para-hydroxylation sites is 1. The van der Waals surface area contributed by atoms with E-state index in [0.717, 1.165) is 5.56 Å². The summed E-state index contributed by atoms with van der Waals surface area (Å²) < 4.78 is 32.1. The lowest BCUT2D eigenvalue weighted by atomic mass is 10.1. The maximum Gasteiger partial charge on any atom is 0.253 e. The summed E-state index contributed by atoms with van der Waals surface area (Å²) in [6, 6.07) is 13.2. The first-order valence-electron chi connectivity index (χ1n) is 8.24. The van der Waals surface area contributed by atoms with Crippen molar-refractivity contribution in [3.63, 3.8) is 0 Å². The van der Waals surface area contributed by atoms with Crippen molar-refractivity contribution < 1.29 is 17.9 Å². The molecule has 2 aromatic carbocycles. The largest absolute Gasteiger partial charge is 0.496 e. The molecule has 0 spiro atoms. The lowest BCUT2D eigenvalue weighted by molar-refractivity contribution is 0.0784. The molecule has 0 fully saturated rings. The molecule has 2 aromatic rings. The van der Waals surface area contributed by atoms with Crippen LogP contribution in [0.5, 0.6) is 5.75 Å². The van der Waals surface area contributed by atoms with Gasteiger partial charge in [-0.05, 0) is 44.2 Å². The minimum absolute atomic E-state index is 0.134. The third-order valence-electron chi connectivity index (χ3n) is 3.75. The molecule has 0 atom stereocenters. The topological polar surface area (TPSA) is 75.7 Å². The van der Waals surface area contributed by atoms with Gasteiger partial charge in [0.05, 0.1) is 12.0 Å². The van der Waals surface area contributed by atoms with E-state index in [4.69, 9.17) is 4.74 Å². The first-order valence-corrected chi connectivity index (χ1v) is 9.72. The van der Waals surface area contributed by atoms with E-state index < -0.39 is 10.0 Å². The molecule has 2 rings (SSSR count). The Balaban J connectivity index is 2.14. The quantitative estimate of drug-likeness (QED) is 0.806. The van der Waals surface area contributed by atoms with E-state index in [2.05, 4.69) is 4.72 Å². The van der Waals surface area contributed by atoms with Crippen LogP contribution in [0.2, 0.25) is 0 Å². The van der Waals surface area contributed by atoms with E-state index in [1.807, 2.05) is 24.3 Å². The second-order valence-electron chi connectivity index (χ2n) is 6.27. The van der Waals surface area contributed by atoms with Crippen molar-refractivity contribution in [3.05, 3.63) is 59.7 Å². The van der Waals surface area contributed by atoms with E-state index in [1.54, 1.807) is 32.9 Å². The summed E-state index contributed by atoms with van der Waals surface area (Å²) in [5, 5.41) is 0. The maximum absolute atomic E-state index is 12.6. The highest BCUT2D eigenvalue weighted by molar-refractivity contribution is 7.89. The normalized spacial score (nSPS) is 11.4. The van der Waals surface area contributed by atoms with Crippen molar-refractivity contribution in [3.8, 4) is 5.75 Å². The molecule has 0 aliphatic carbocycles. The summed E-state index contributed by atoms with van der Waals surface area (Å²) in [6.45, 7) is 3.89. The van der Waals surface area contributed by atoms with E-state index in [9.17, 15) is 13.2 Å². The highest BCUT2D eigenvalue weighted by Crippen LogP contribution is 2.20. The van der Waals surface area contributed by atoms with E-state index in [0.29, 0.717) is 17.9 Å². The maximum atomic E-state index is 12.6. The average Bonchev–Trinajstić information content (AvgIpc) is 2.60. The fourth-order valence-corrected chi connectivity index (χ4v) is 3.79. The van der Waals surface area contributed by atoms with Gasteiger partial charge < -0.3 is 9.64 Å². The Labute approximate surface area is 154 Å². The van der Waals surface area contributed by atoms with Crippen molar-refractivity contribution in [1.82, 2.24) is 9.62 Å². The predicted molar refractivity (Wildman–Crippen MR) is 101 cm³/mol. The van der Waals surface area contributed by atoms with Gasteiger partial charge in [0.2, 0.25) is 10.0 Å². The molecule has 0 saturated heterocycles. The minimum atomic E-state index is -3.57. The van der Waals surface area contributed by atoms with Crippen molar-refractivity contribution in [2.24, 2.45) is 0 Å². The van der Waals surface area contributed by atoms with Gasteiger partial charge in [-0.25, -0.2) is 13.1 Å². The molecular formula is C19H24N2O4S. The molecule has 0 aliphatic heterocycles. The number of sulfonamides is 1. The minimum Gasteiger partial charge on any atom is -0.496 e. The third kappa shape index (κ3) is 4.83. The van der Waals surface area contributed by atoms with Crippen LogP contribution in [-0.2, 0) is 16.6 Å². The first-order chi connectivity index (χ1) is 12.2. The van der Waals surface area contributed by atoms with Crippen LogP contribution in [0.4, 0.5) is 0 Å². The number of carbonyl (C=O) groups excluding carboxylic acids is 1. The zero-order valence-corrected chi connectivity index (χ0v) is 16.2. The molecule has 0 saturated carbocycles. The Bertz CT molecular complexity index is 861. The van der Waals surface area contributed by atoms with Crippen LogP contribution in [0.1, 0.15) is 29.8 Å². The highest BCUT2D eigenvalue weighted by atomic mass is 32.2. The first kappa shape index (κ1) is 19.9. The van der Waals surface area contributed by atoms with Crippen LogP contribution in [-0.4, -0.2) is 39.4 Å². The van der Waals surface area contributed by atoms with Gasteiger partial charge in [0.1, 0.15) is 5.75 Å². The fraction of sp³-hybridized carbons (Fsp3) is 0.316. The molecule has 140 valence electrons. The van der Waals surface area contributed by atoms with Gasteiger partial charge in [0.25, 0.3) is 5.91 Å². The molecule has 0 aromatic heterocycles. The number of methoxy groups -OCH3 is 1. The molecule has 26 heavy (non-hydrogen) atoms. The second kappa shape index (κ2) is 8.33. The van der Waals surface area contributed by atoms with Gasteiger partial charge >= 0.3 is 0 Å². The smallest absolute Gasteiger partial charge is 0.253 e. The Kier molecular flexibility index (Phi) is 6.39. The number of ether oxygens (including phenoxy) is 1. The summed E-state index contributed by atoms with van der Waals surface area (Å²) >= 11 is 0. The van der Waals surface area contributed by atoms with Crippen LogP contribution >= 0.6 is 0 Å². The van der Waals surface area contributed by atoms with E-state index in [1.165, 1.54) is 24.3 Å². The number of amides is 1. The van der Waals surface area contributed by atoms with Crippen LogP contribution in [0.15, 0.2) is 53.4 Å². The predicted octanol–water partition coefficient (Wildman–Crippen LogP) is 2.65. The van der Waals surface area contributed by atoms with Gasteiger partial charge in [-0.2, -0.15) is 0 Å². The molecular weight excluding hydrogens is 352 g/mol. The zero-order chi connectivity index (χ0) is 19.3. The summed E-state index contributed by atoms with van der Waals surface area (Å²) in [4.78, 5) is 14.3. The van der Waals surface area contributed by atoms with Crippen molar-refractivity contribution in [2.45, 2.75) is 31.3 Å². The highest BCUT2D eigenvalue weighted by Gasteiger charge is 2.18. The summed E-state index contributed by atoms with van der Waals surface area (Å²) in [5.41, 5.74) is 1.32. The van der Waals surface area contributed by atoms with Crippen LogP contribution in [0.25, 0.3) is 0 Å². The average molecular weight is 376 g/mol. The fourth-order valence-electron chi connectivity index (χ4n) is 2.54. The van der Waals surface area contributed by atoms with Gasteiger partial charge in [-0.1, -0.05) is 18.2 Å².